The zero-order valence-corrected chi connectivity index (χ0v) is 33.2. The Balaban J connectivity index is 0.964. The molecule has 0 fully saturated rings. The molecule has 0 amide bonds. The van der Waals surface area contributed by atoms with Crippen LogP contribution in [0.15, 0.2) is 212 Å². The third kappa shape index (κ3) is 6.02. The fraction of sp³-hybridized carbons (Fsp3) is 0.0345. The predicted molar refractivity (Wildman–Crippen MR) is 252 cm³/mol. The predicted octanol–water partition coefficient (Wildman–Crippen LogP) is 16.0. The van der Waals surface area contributed by atoms with Crippen LogP contribution < -0.4 is 0 Å². The summed E-state index contributed by atoms with van der Waals surface area (Å²) in [5.41, 5.74) is 18.5. The molecule has 0 aliphatic carbocycles. The largest absolute Gasteiger partial charge is 0.309 e. The molecule has 11 rings (SSSR count). The highest BCUT2D eigenvalue weighted by atomic mass is 15.0. The van der Waals surface area contributed by atoms with E-state index in [1.54, 1.807) is 0 Å². The second kappa shape index (κ2) is 14.2. The first kappa shape index (κ1) is 34.7. The number of nitrogens with zero attached hydrogens (tertiary/aromatic N) is 1. The van der Waals surface area contributed by atoms with Gasteiger partial charge in [-0.1, -0.05) is 193 Å². The van der Waals surface area contributed by atoms with Gasteiger partial charge in [0, 0.05) is 16.5 Å². The summed E-state index contributed by atoms with van der Waals surface area (Å²) in [6.07, 6.45) is 0. The maximum absolute atomic E-state index is 2.37. The van der Waals surface area contributed by atoms with Crippen LogP contribution in [0.3, 0.4) is 0 Å². The zero-order valence-electron chi connectivity index (χ0n) is 33.2. The van der Waals surface area contributed by atoms with Gasteiger partial charge in [-0.25, -0.2) is 0 Å². The van der Waals surface area contributed by atoms with Crippen LogP contribution in [-0.2, 0) is 0 Å². The molecule has 59 heavy (non-hydrogen) atoms. The van der Waals surface area contributed by atoms with E-state index >= 15 is 0 Å². The van der Waals surface area contributed by atoms with Crippen LogP contribution in [0, 0.1) is 13.8 Å². The van der Waals surface area contributed by atoms with E-state index in [0.717, 1.165) is 0 Å². The highest BCUT2D eigenvalue weighted by molar-refractivity contribution is 6.21. The van der Waals surface area contributed by atoms with Gasteiger partial charge in [0.25, 0.3) is 0 Å². The minimum Gasteiger partial charge on any atom is -0.309 e. The van der Waals surface area contributed by atoms with Crippen LogP contribution in [0.1, 0.15) is 11.1 Å². The van der Waals surface area contributed by atoms with Gasteiger partial charge >= 0.3 is 0 Å². The van der Waals surface area contributed by atoms with E-state index in [4.69, 9.17) is 0 Å². The van der Waals surface area contributed by atoms with Crippen LogP contribution >= 0.6 is 0 Å². The molecule has 1 heterocycles. The van der Waals surface area contributed by atoms with E-state index in [1.807, 2.05) is 0 Å². The highest BCUT2D eigenvalue weighted by Gasteiger charge is 2.18. The van der Waals surface area contributed by atoms with E-state index in [2.05, 4.69) is 231 Å². The third-order valence-corrected chi connectivity index (χ3v) is 12.1. The number of para-hydroxylation sites is 2. The second-order valence-corrected chi connectivity index (χ2v) is 15.9. The quantitative estimate of drug-likeness (QED) is 0.149. The number of fused-ring (bicyclic) bond motifs is 5. The number of hydrogen-bond acceptors (Lipinski definition) is 0. The lowest BCUT2D eigenvalue weighted by atomic mass is 9.85. The Morgan fingerprint density at radius 1 is 0.254 bits per heavy atom. The van der Waals surface area contributed by atoms with Gasteiger partial charge in [-0.05, 0) is 121 Å². The van der Waals surface area contributed by atoms with Gasteiger partial charge in [0.2, 0.25) is 0 Å². The average molecular weight is 752 g/mol. The summed E-state index contributed by atoms with van der Waals surface area (Å²) in [5, 5.41) is 7.57. The molecule has 0 saturated heterocycles. The van der Waals surface area contributed by atoms with Crippen molar-refractivity contribution < 1.29 is 0 Å². The van der Waals surface area contributed by atoms with Crippen molar-refractivity contribution in [1.29, 1.82) is 0 Å². The standard InChI is InChI=1S/C58H41N/c1-38-34-39(2)36-47(35-38)43-22-20-40(21-23-43)41-24-28-44(29-25-41)57-50-15-6-8-17-52(50)58(53-18-9-7-16-51(53)57)45-30-26-42(27-31-45)46-32-33-56-54(37-46)49-14-10-11-19-55(49)59(56)48-12-4-3-5-13-48/h3-37H,1-2H3. The summed E-state index contributed by atoms with van der Waals surface area (Å²) in [4.78, 5) is 0. The first-order valence-corrected chi connectivity index (χ1v) is 20.5. The van der Waals surface area contributed by atoms with Crippen LogP contribution in [0.2, 0.25) is 0 Å². The monoisotopic (exact) mass is 751 g/mol. The zero-order chi connectivity index (χ0) is 39.5. The molecule has 0 aliphatic rings. The van der Waals surface area contributed by atoms with Crippen LogP contribution in [0.5, 0.6) is 0 Å². The normalized spacial score (nSPS) is 11.6. The number of aryl methyl sites for hydroxylation is 2. The molecule has 11 aromatic rings. The molecule has 1 heteroatoms. The number of hydrogen-bond donors (Lipinski definition) is 0. The third-order valence-electron chi connectivity index (χ3n) is 12.1. The average Bonchev–Trinajstić information content (AvgIpc) is 3.62. The van der Waals surface area contributed by atoms with E-state index in [-0.39, 0.29) is 0 Å². The lowest BCUT2D eigenvalue weighted by molar-refractivity contribution is 1.18. The van der Waals surface area contributed by atoms with Gasteiger partial charge in [-0.3, -0.25) is 0 Å². The first-order chi connectivity index (χ1) is 29.1. The maximum atomic E-state index is 2.37. The summed E-state index contributed by atoms with van der Waals surface area (Å²) in [6.45, 7) is 4.33. The molecule has 1 nitrogen and oxygen atoms in total. The van der Waals surface area contributed by atoms with Crippen LogP contribution in [-0.4, -0.2) is 4.57 Å². The molecule has 0 saturated carbocycles. The molecule has 0 spiro atoms. The smallest absolute Gasteiger partial charge is 0.0541 e. The van der Waals surface area contributed by atoms with Crippen molar-refractivity contribution in [3.05, 3.63) is 223 Å². The Hall–Kier alpha value is -7.48. The van der Waals surface area contributed by atoms with Gasteiger partial charge in [-0.15, -0.1) is 0 Å². The van der Waals surface area contributed by atoms with E-state index in [1.165, 1.54) is 116 Å². The molecule has 0 N–H and O–H groups in total. The Bertz CT molecular complexity index is 3270. The number of rotatable bonds is 6. The Morgan fingerprint density at radius 3 is 1.14 bits per heavy atom. The van der Waals surface area contributed by atoms with Gasteiger partial charge in [0.15, 0.2) is 0 Å². The van der Waals surface area contributed by atoms with E-state index in [9.17, 15) is 0 Å². The fourth-order valence-corrected chi connectivity index (χ4v) is 9.41. The molecule has 0 radical (unpaired) electrons. The molecule has 0 aliphatic heterocycles. The van der Waals surface area contributed by atoms with Gasteiger partial charge in [0.05, 0.1) is 11.0 Å². The van der Waals surface area contributed by atoms with Gasteiger partial charge < -0.3 is 4.57 Å². The SMILES string of the molecule is Cc1cc(C)cc(-c2ccc(-c3ccc(-c4c5ccccc5c(-c5ccc(-c6ccc7c(c6)c6ccccc6n7-c6ccccc6)cc5)c5ccccc45)cc3)cc2)c1. The van der Waals surface area contributed by atoms with E-state index in [0.29, 0.717) is 0 Å². The fourth-order valence-electron chi connectivity index (χ4n) is 9.41. The molecule has 0 unspecified atom stereocenters. The van der Waals surface area contributed by atoms with Gasteiger partial charge in [0.1, 0.15) is 0 Å². The molecular weight excluding hydrogens is 711 g/mol. The van der Waals surface area contributed by atoms with Crippen molar-refractivity contribution in [2.45, 2.75) is 13.8 Å². The lowest BCUT2D eigenvalue weighted by Crippen LogP contribution is -1.92. The number of benzene rings is 10. The molecule has 0 atom stereocenters. The van der Waals surface area contributed by atoms with Crippen LogP contribution in [0.25, 0.3) is 105 Å². The summed E-state index contributed by atoms with van der Waals surface area (Å²) >= 11 is 0. The van der Waals surface area contributed by atoms with Crippen molar-refractivity contribution in [3.8, 4) is 61.3 Å². The molecule has 1 aromatic heterocycles. The minimum atomic E-state index is 1.17. The summed E-state index contributed by atoms with van der Waals surface area (Å²) < 4.78 is 2.37. The second-order valence-electron chi connectivity index (χ2n) is 15.9. The summed E-state index contributed by atoms with van der Waals surface area (Å²) in [5.74, 6) is 0. The molecule has 278 valence electrons. The molecule has 10 aromatic carbocycles. The summed E-state index contributed by atoms with van der Waals surface area (Å²) in [7, 11) is 0. The van der Waals surface area contributed by atoms with Crippen molar-refractivity contribution in [2.24, 2.45) is 0 Å². The topological polar surface area (TPSA) is 4.93 Å². The maximum Gasteiger partial charge on any atom is 0.0541 e. The lowest BCUT2D eigenvalue weighted by Gasteiger charge is -2.18. The Kier molecular flexibility index (Phi) is 8.34. The van der Waals surface area contributed by atoms with Gasteiger partial charge in [-0.2, -0.15) is 0 Å². The van der Waals surface area contributed by atoms with Crippen molar-refractivity contribution in [3.63, 3.8) is 0 Å². The molecular formula is C58H41N. The van der Waals surface area contributed by atoms with Crippen molar-refractivity contribution in [1.82, 2.24) is 4.57 Å². The Labute approximate surface area is 345 Å². The molecule has 0 bridgehead atoms. The Morgan fingerprint density at radius 2 is 0.627 bits per heavy atom. The van der Waals surface area contributed by atoms with Crippen LogP contribution in [0.4, 0.5) is 0 Å². The minimum absolute atomic E-state index is 1.17. The van der Waals surface area contributed by atoms with Crippen molar-refractivity contribution >= 4 is 43.4 Å². The summed E-state index contributed by atoms with van der Waals surface area (Å²) in [6, 6.07) is 78.2. The first-order valence-electron chi connectivity index (χ1n) is 20.5. The van der Waals surface area contributed by atoms with E-state index < -0.39 is 0 Å². The highest BCUT2D eigenvalue weighted by Crippen LogP contribution is 2.44. The number of aromatic nitrogens is 1. The van der Waals surface area contributed by atoms with Crippen molar-refractivity contribution in [2.75, 3.05) is 0 Å².